The van der Waals surface area contributed by atoms with Crippen molar-refractivity contribution in [2.75, 3.05) is 7.11 Å². The molecule has 1 aliphatic rings. The Bertz CT molecular complexity index is 617. The van der Waals surface area contributed by atoms with E-state index >= 15 is 0 Å². The number of hydrogen-bond acceptors (Lipinski definition) is 4. The van der Waals surface area contributed by atoms with E-state index in [4.69, 9.17) is 9.47 Å². The van der Waals surface area contributed by atoms with Crippen LogP contribution in [-0.2, 0) is 17.8 Å². The van der Waals surface area contributed by atoms with Gasteiger partial charge in [-0.2, -0.15) is 5.10 Å². The molecule has 0 atom stereocenters. The molecule has 0 bridgehead atoms. The smallest absolute Gasteiger partial charge is 0.311 e. The third-order valence-corrected chi connectivity index (χ3v) is 3.42. The Kier molecular flexibility index (Phi) is 3.41. The first-order valence-electron chi connectivity index (χ1n) is 6.64. The van der Waals surface area contributed by atoms with E-state index in [1.165, 1.54) is 0 Å². The topological polar surface area (TPSA) is 53.4 Å². The number of esters is 1. The predicted molar refractivity (Wildman–Crippen MR) is 72.9 cm³/mol. The largest absolute Gasteiger partial charge is 0.497 e. The first-order valence-corrected chi connectivity index (χ1v) is 6.64. The molecule has 104 valence electrons. The second-order valence-electron chi connectivity index (χ2n) is 4.79. The molecule has 0 unspecified atom stereocenters. The maximum absolute atomic E-state index is 11.4. The Morgan fingerprint density at radius 3 is 2.85 bits per heavy atom. The number of ether oxygens (including phenoxy) is 2. The minimum Gasteiger partial charge on any atom is -0.497 e. The molecular weight excluding hydrogens is 256 g/mol. The fraction of sp³-hybridized carbons (Fsp3) is 0.333. The number of aromatic nitrogens is 2. The summed E-state index contributed by atoms with van der Waals surface area (Å²) in [5.74, 6) is 1.26. The number of benzene rings is 1. The number of carbonyl (C=O) groups excluding carboxylic acids is 1. The van der Waals surface area contributed by atoms with Gasteiger partial charge in [-0.05, 0) is 30.5 Å². The molecule has 0 amide bonds. The molecule has 20 heavy (non-hydrogen) atoms. The summed E-state index contributed by atoms with van der Waals surface area (Å²) < 4.78 is 12.3. The van der Waals surface area contributed by atoms with Crippen LogP contribution in [0.3, 0.4) is 0 Å². The summed E-state index contributed by atoms with van der Waals surface area (Å²) >= 11 is 0. The highest BCUT2D eigenvalue weighted by Gasteiger charge is 2.19. The number of methoxy groups -OCH3 is 1. The van der Waals surface area contributed by atoms with Crippen molar-refractivity contribution in [1.29, 1.82) is 0 Å². The Balaban J connectivity index is 1.82. The van der Waals surface area contributed by atoms with Crippen molar-refractivity contribution in [3.63, 3.8) is 0 Å². The maximum Gasteiger partial charge on any atom is 0.311 e. The van der Waals surface area contributed by atoms with E-state index in [1.54, 1.807) is 13.3 Å². The van der Waals surface area contributed by atoms with Crippen molar-refractivity contribution < 1.29 is 14.3 Å². The lowest BCUT2D eigenvalue weighted by Gasteiger charge is -2.07. The summed E-state index contributed by atoms with van der Waals surface area (Å²) in [4.78, 5) is 11.4. The van der Waals surface area contributed by atoms with Crippen molar-refractivity contribution >= 4 is 5.97 Å². The molecule has 0 N–H and O–H groups in total. The molecule has 0 aliphatic carbocycles. The summed E-state index contributed by atoms with van der Waals surface area (Å²) in [7, 11) is 1.65. The maximum atomic E-state index is 11.4. The second-order valence-corrected chi connectivity index (χ2v) is 4.79. The lowest BCUT2D eigenvalue weighted by atomic mass is 10.2. The molecule has 5 nitrogen and oxygen atoms in total. The average Bonchev–Trinajstić information content (AvgIpc) is 2.72. The van der Waals surface area contributed by atoms with Crippen LogP contribution < -0.4 is 9.47 Å². The van der Waals surface area contributed by atoms with E-state index in [0.717, 1.165) is 29.8 Å². The third-order valence-electron chi connectivity index (χ3n) is 3.42. The zero-order valence-corrected chi connectivity index (χ0v) is 11.3. The van der Waals surface area contributed by atoms with Crippen LogP contribution in [0.1, 0.15) is 24.1 Å². The molecule has 0 radical (unpaired) electrons. The van der Waals surface area contributed by atoms with Gasteiger partial charge in [0.25, 0.3) is 0 Å². The molecule has 0 spiro atoms. The van der Waals surface area contributed by atoms with Gasteiger partial charge in [0.15, 0.2) is 5.75 Å². The fourth-order valence-electron chi connectivity index (χ4n) is 2.35. The number of carbonyl (C=O) groups is 1. The number of fused-ring (bicyclic) bond motifs is 1. The molecule has 0 saturated carbocycles. The van der Waals surface area contributed by atoms with Gasteiger partial charge in [0.1, 0.15) is 5.75 Å². The molecule has 2 aromatic rings. The normalized spacial score (nSPS) is 14.3. The SMILES string of the molecule is COc1ccc(Cn2ncc3c2CCCC(=O)O3)cc1. The highest BCUT2D eigenvalue weighted by atomic mass is 16.5. The zero-order chi connectivity index (χ0) is 13.9. The average molecular weight is 272 g/mol. The summed E-state index contributed by atoms with van der Waals surface area (Å²) in [6.07, 6.45) is 3.72. The van der Waals surface area contributed by atoms with E-state index in [0.29, 0.717) is 18.7 Å². The summed E-state index contributed by atoms with van der Waals surface area (Å²) in [6.45, 7) is 0.664. The van der Waals surface area contributed by atoms with Crippen molar-refractivity contribution in [2.45, 2.75) is 25.8 Å². The lowest BCUT2D eigenvalue weighted by Crippen LogP contribution is -2.06. The number of nitrogens with zero attached hydrogens (tertiary/aromatic N) is 2. The van der Waals surface area contributed by atoms with Gasteiger partial charge in [0.05, 0.1) is 25.5 Å². The Hall–Kier alpha value is -2.30. The van der Waals surface area contributed by atoms with Gasteiger partial charge in [0, 0.05) is 6.42 Å². The van der Waals surface area contributed by atoms with Crippen LogP contribution in [0.5, 0.6) is 11.5 Å². The molecule has 5 heteroatoms. The Morgan fingerprint density at radius 2 is 2.10 bits per heavy atom. The highest BCUT2D eigenvalue weighted by Crippen LogP contribution is 2.25. The Morgan fingerprint density at radius 1 is 1.30 bits per heavy atom. The van der Waals surface area contributed by atoms with E-state index in [-0.39, 0.29) is 5.97 Å². The third kappa shape index (κ3) is 2.52. The first-order chi connectivity index (χ1) is 9.76. The predicted octanol–water partition coefficient (Wildman–Crippen LogP) is 2.18. The van der Waals surface area contributed by atoms with Gasteiger partial charge in [0.2, 0.25) is 0 Å². The van der Waals surface area contributed by atoms with E-state index in [9.17, 15) is 4.79 Å². The minimum atomic E-state index is -0.173. The van der Waals surface area contributed by atoms with E-state index in [1.807, 2.05) is 28.9 Å². The summed E-state index contributed by atoms with van der Waals surface area (Å²) in [6, 6.07) is 7.88. The zero-order valence-electron chi connectivity index (χ0n) is 11.3. The molecular formula is C15H16N2O3. The van der Waals surface area contributed by atoms with Gasteiger partial charge in [-0.15, -0.1) is 0 Å². The van der Waals surface area contributed by atoms with Crippen LogP contribution >= 0.6 is 0 Å². The molecule has 2 heterocycles. The minimum absolute atomic E-state index is 0.173. The quantitative estimate of drug-likeness (QED) is 0.804. The lowest BCUT2D eigenvalue weighted by molar-refractivity contribution is -0.134. The highest BCUT2D eigenvalue weighted by molar-refractivity contribution is 5.73. The van der Waals surface area contributed by atoms with Crippen molar-refractivity contribution in [2.24, 2.45) is 0 Å². The van der Waals surface area contributed by atoms with E-state index < -0.39 is 0 Å². The van der Waals surface area contributed by atoms with Gasteiger partial charge >= 0.3 is 5.97 Å². The van der Waals surface area contributed by atoms with Crippen LogP contribution in [0.4, 0.5) is 0 Å². The molecule has 0 saturated heterocycles. The number of hydrogen-bond donors (Lipinski definition) is 0. The monoisotopic (exact) mass is 272 g/mol. The van der Waals surface area contributed by atoms with Gasteiger partial charge in [-0.3, -0.25) is 9.48 Å². The van der Waals surface area contributed by atoms with Crippen LogP contribution in [-0.4, -0.2) is 22.9 Å². The van der Waals surface area contributed by atoms with Crippen molar-refractivity contribution in [3.05, 3.63) is 41.7 Å². The fourth-order valence-corrected chi connectivity index (χ4v) is 2.35. The van der Waals surface area contributed by atoms with Gasteiger partial charge in [-0.25, -0.2) is 0 Å². The standard InChI is InChI=1S/C15H16N2O3/c1-19-12-7-5-11(6-8-12)10-17-13-3-2-4-15(18)20-14(13)9-16-17/h5-9H,2-4,10H2,1H3. The van der Waals surface area contributed by atoms with Crippen LogP contribution in [0, 0.1) is 0 Å². The molecule has 1 aromatic carbocycles. The Labute approximate surface area is 117 Å². The van der Waals surface area contributed by atoms with Crippen LogP contribution in [0.2, 0.25) is 0 Å². The molecule has 0 fully saturated rings. The summed E-state index contributed by atoms with van der Waals surface area (Å²) in [5.41, 5.74) is 2.12. The summed E-state index contributed by atoms with van der Waals surface area (Å²) in [5, 5.41) is 4.32. The molecule has 1 aromatic heterocycles. The number of rotatable bonds is 3. The second kappa shape index (κ2) is 5.36. The van der Waals surface area contributed by atoms with Crippen LogP contribution in [0.25, 0.3) is 0 Å². The van der Waals surface area contributed by atoms with Crippen LogP contribution in [0.15, 0.2) is 30.5 Å². The van der Waals surface area contributed by atoms with Gasteiger partial charge < -0.3 is 9.47 Å². The first kappa shape index (κ1) is 12.7. The molecule has 1 aliphatic heterocycles. The van der Waals surface area contributed by atoms with Crippen molar-refractivity contribution in [1.82, 2.24) is 9.78 Å². The van der Waals surface area contributed by atoms with Crippen molar-refractivity contribution in [3.8, 4) is 11.5 Å². The van der Waals surface area contributed by atoms with E-state index in [2.05, 4.69) is 5.10 Å². The molecule has 3 rings (SSSR count). The van der Waals surface area contributed by atoms with Gasteiger partial charge in [-0.1, -0.05) is 12.1 Å².